The van der Waals surface area contributed by atoms with Crippen LogP contribution in [0.4, 0.5) is 0 Å². The van der Waals surface area contributed by atoms with E-state index in [1.165, 1.54) is 11.8 Å². The van der Waals surface area contributed by atoms with Crippen molar-refractivity contribution < 1.29 is 9.59 Å². The summed E-state index contributed by atoms with van der Waals surface area (Å²) in [6.45, 7) is 5.98. The monoisotopic (exact) mass is 500 g/mol. The summed E-state index contributed by atoms with van der Waals surface area (Å²) in [5, 5.41) is 4.47. The van der Waals surface area contributed by atoms with Gasteiger partial charge in [0.05, 0.1) is 15.8 Å². The summed E-state index contributed by atoms with van der Waals surface area (Å²) in [6, 6.07) is 12.2. The Kier molecular flexibility index (Phi) is 10.5. The van der Waals surface area contributed by atoms with Crippen LogP contribution in [0.1, 0.15) is 38.3 Å². The molecule has 0 aliphatic carbocycles. The van der Waals surface area contributed by atoms with Gasteiger partial charge in [0.2, 0.25) is 11.8 Å². The van der Waals surface area contributed by atoms with Crippen molar-refractivity contribution in [3.8, 4) is 0 Å². The number of carbonyl (C=O) groups is 2. The van der Waals surface area contributed by atoms with E-state index in [9.17, 15) is 9.59 Å². The Morgan fingerprint density at radius 3 is 2.23 bits per heavy atom. The summed E-state index contributed by atoms with van der Waals surface area (Å²) in [6.07, 6.45) is 0.507. The van der Waals surface area contributed by atoms with Crippen LogP contribution >= 0.6 is 46.6 Å². The molecule has 0 saturated carbocycles. The third kappa shape index (κ3) is 8.23. The lowest BCUT2D eigenvalue weighted by atomic mass is 10.1. The summed E-state index contributed by atoms with van der Waals surface area (Å²) in [4.78, 5) is 27.6. The van der Waals surface area contributed by atoms with Crippen molar-refractivity contribution >= 4 is 58.4 Å². The molecule has 2 amide bonds. The fraction of sp³-hybridized carbons (Fsp3) is 0.391. The van der Waals surface area contributed by atoms with Crippen LogP contribution in [0, 0.1) is 0 Å². The van der Waals surface area contributed by atoms with E-state index in [-0.39, 0.29) is 30.2 Å². The van der Waals surface area contributed by atoms with Crippen molar-refractivity contribution in [1.82, 2.24) is 10.2 Å². The van der Waals surface area contributed by atoms with Crippen molar-refractivity contribution in [2.24, 2.45) is 0 Å². The minimum atomic E-state index is -0.569. The van der Waals surface area contributed by atoms with E-state index in [2.05, 4.69) is 5.32 Å². The van der Waals surface area contributed by atoms with Gasteiger partial charge in [-0.1, -0.05) is 59.9 Å². The standard InChI is InChI=1S/C23H27Cl3N2O2S/c1-4-21(23(30)27-15(2)3)28(12-17-7-10-19(25)20(26)11-17)22(29)14-31-13-16-5-8-18(24)9-6-16/h5-11,15,21H,4,12-14H2,1-3H3,(H,27,30)/t21-/m1/s1. The van der Waals surface area contributed by atoms with Crippen LogP contribution < -0.4 is 5.32 Å². The molecule has 2 aromatic rings. The van der Waals surface area contributed by atoms with E-state index in [4.69, 9.17) is 34.8 Å². The van der Waals surface area contributed by atoms with Crippen LogP contribution in [-0.4, -0.2) is 34.6 Å². The maximum atomic E-state index is 13.2. The third-order valence-electron chi connectivity index (χ3n) is 4.56. The molecular weight excluding hydrogens is 475 g/mol. The lowest BCUT2D eigenvalue weighted by Gasteiger charge is -2.31. The van der Waals surface area contributed by atoms with E-state index in [0.717, 1.165) is 11.1 Å². The lowest BCUT2D eigenvalue weighted by molar-refractivity contribution is -0.139. The Morgan fingerprint density at radius 1 is 1.00 bits per heavy atom. The third-order valence-corrected chi connectivity index (χ3v) is 6.54. The number of thioether (sulfide) groups is 1. The molecule has 0 heterocycles. The van der Waals surface area contributed by atoms with Gasteiger partial charge < -0.3 is 10.2 Å². The minimum Gasteiger partial charge on any atom is -0.352 e. The highest BCUT2D eigenvalue weighted by atomic mass is 35.5. The maximum Gasteiger partial charge on any atom is 0.243 e. The summed E-state index contributed by atoms with van der Waals surface area (Å²) >= 11 is 19.6. The predicted octanol–water partition coefficient (Wildman–Crippen LogP) is 6.21. The van der Waals surface area contributed by atoms with Crippen molar-refractivity contribution in [2.45, 2.75) is 51.6 Å². The molecule has 31 heavy (non-hydrogen) atoms. The fourth-order valence-electron chi connectivity index (χ4n) is 3.05. The largest absolute Gasteiger partial charge is 0.352 e. The van der Waals surface area contributed by atoms with Gasteiger partial charge in [-0.2, -0.15) is 0 Å². The maximum absolute atomic E-state index is 13.2. The highest BCUT2D eigenvalue weighted by Crippen LogP contribution is 2.25. The number of nitrogens with one attached hydrogen (secondary N) is 1. The number of carbonyl (C=O) groups excluding carboxylic acids is 2. The Hall–Kier alpha value is -1.40. The van der Waals surface area contributed by atoms with Gasteiger partial charge in [0.15, 0.2) is 0 Å². The molecule has 4 nitrogen and oxygen atoms in total. The highest BCUT2D eigenvalue weighted by Gasteiger charge is 2.29. The van der Waals surface area contributed by atoms with Gasteiger partial charge in [0.1, 0.15) is 6.04 Å². The van der Waals surface area contributed by atoms with Crippen molar-refractivity contribution in [2.75, 3.05) is 5.75 Å². The van der Waals surface area contributed by atoms with Gasteiger partial charge in [-0.25, -0.2) is 0 Å². The second kappa shape index (κ2) is 12.6. The highest BCUT2D eigenvalue weighted by molar-refractivity contribution is 7.99. The molecule has 168 valence electrons. The number of hydrogen-bond donors (Lipinski definition) is 1. The summed E-state index contributed by atoms with van der Waals surface area (Å²) < 4.78 is 0. The fourth-order valence-corrected chi connectivity index (χ4v) is 4.37. The van der Waals surface area contributed by atoms with E-state index in [1.807, 2.05) is 51.1 Å². The van der Waals surface area contributed by atoms with Crippen LogP contribution in [0.15, 0.2) is 42.5 Å². The first-order valence-corrected chi connectivity index (χ1v) is 12.4. The minimum absolute atomic E-state index is 0.0113. The quantitative estimate of drug-likeness (QED) is 0.421. The first kappa shape index (κ1) is 25.9. The first-order chi connectivity index (χ1) is 14.7. The molecule has 0 radical (unpaired) electrons. The molecule has 2 rings (SSSR count). The topological polar surface area (TPSA) is 49.4 Å². The van der Waals surface area contributed by atoms with Gasteiger partial charge in [0.25, 0.3) is 0 Å². The van der Waals surface area contributed by atoms with Crippen molar-refractivity contribution in [3.63, 3.8) is 0 Å². The van der Waals surface area contributed by atoms with Crippen LogP contribution in [0.3, 0.4) is 0 Å². The molecule has 1 atom stereocenters. The zero-order chi connectivity index (χ0) is 23.0. The Morgan fingerprint density at radius 2 is 1.65 bits per heavy atom. The number of halogens is 3. The summed E-state index contributed by atoms with van der Waals surface area (Å²) in [7, 11) is 0. The summed E-state index contributed by atoms with van der Waals surface area (Å²) in [5.41, 5.74) is 1.91. The molecule has 0 aliphatic heterocycles. The number of amides is 2. The molecule has 8 heteroatoms. The van der Waals surface area contributed by atoms with Gasteiger partial charge in [0, 0.05) is 23.4 Å². The lowest BCUT2D eigenvalue weighted by Crippen LogP contribution is -2.50. The second-order valence-electron chi connectivity index (χ2n) is 7.48. The molecule has 0 spiro atoms. The van der Waals surface area contributed by atoms with Crippen LogP contribution in [0.5, 0.6) is 0 Å². The van der Waals surface area contributed by atoms with Gasteiger partial charge in [-0.05, 0) is 55.7 Å². The summed E-state index contributed by atoms with van der Waals surface area (Å²) in [5.74, 6) is 0.679. The molecule has 2 aromatic carbocycles. The van der Waals surface area contributed by atoms with Crippen LogP contribution in [0.25, 0.3) is 0 Å². The molecule has 0 fully saturated rings. The van der Waals surface area contributed by atoms with E-state index < -0.39 is 6.04 Å². The molecule has 0 aliphatic rings. The normalized spacial score (nSPS) is 12.0. The van der Waals surface area contributed by atoms with E-state index in [1.54, 1.807) is 17.0 Å². The predicted molar refractivity (Wildman–Crippen MR) is 132 cm³/mol. The average molecular weight is 502 g/mol. The smallest absolute Gasteiger partial charge is 0.243 e. The molecule has 0 saturated heterocycles. The Labute approximate surface area is 203 Å². The number of rotatable bonds is 10. The zero-order valence-corrected chi connectivity index (χ0v) is 20.9. The molecule has 0 bridgehead atoms. The molecule has 0 unspecified atom stereocenters. The molecule has 1 N–H and O–H groups in total. The van der Waals surface area contributed by atoms with E-state index in [0.29, 0.717) is 27.2 Å². The SMILES string of the molecule is CC[C@H](C(=O)NC(C)C)N(Cc1ccc(Cl)c(Cl)c1)C(=O)CSCc1ccc(Cl)cc1. The van der Waals surface area contributed by atoms with Gasteiger partial charge in [-0.15, -0.1) is 11.8 Å². The Balaban J connectivity index is 2.15. The van der Waals surface area contributed by atoms with Gasteiger partial charge in [-0.3, -0.25) is 9.59 Å². The van der Waals surface area contributed by atoms with E-state index >= 15 is 0 Å². The van der Waals surface area contributed by atoms with Crippen LogP contribution in [-0.2, 0) is 21.9 Å². The number of benzene rings is 2. The molecular formula is C23H27Cl3N2O2S. The number of hydrogen-bond acceptors (Lipinski definition) is 3. The van der Waals surface area contributed by atoms with Gasteiger partial charge >= 0.3 is 0 Å². The second-order valence-corrected chi connectivity index (χ2v) is 9.71. The zero-order valence-electron chi connectivity index (χ0n) is 17.8. The Bertz CT molecular complexity index is 891. The first-order valence-electron chi connectivity index (χ1n) is 10.1. The van der Waals surface area contributed by atoms with Crippen molar-refractivity contribution in [1.29, 1.82) is 0 Å². The number of nitrogens with zero attached hydrogens (tertiary/aromatic N) is 1. The average Bonchev–Trinajstić information content (AvgIpc) is 2.71. The van der Waals surface area contributed by atoms with Crippen molar-refractivity contribution in [3.05, 3.63) is 68.7 Å². The molecule has 0 aromatic heterocycles. The van der Waals surface area contributed by atoms with Crippen LogP contribution in [0.2, 0.25) is 15.1 Å².